The van der Waals surface area contributed by atoms with E-state index in [0.29, 0.717) is 24.4 Å². The number of rotatable bonds is 5. The van der Waals surface area contributed by atoms with Crippen molar-refractivity contribution >= 4 is 17.1 Å². The first-order valence-corrected chi connectivity index (χ1v) is 8.20. The van der Waals surface area contributed by atoms with Crippen LogP contribution < -0.4 is 17.3 Å². The number of carbonyl (C=O) groups excluding carboxylic acids is 1. The number of nitrogens with zero attached hydrogens (tertiary/aromatic N) is 1. The number of aryl methyl sites for hydroxylation is 2. The molecule has 0 amide bonds. The lowest BCUT2D eigenvalue weighted by Gasteiger charge is -2.18. The second-order valence-electron chi connectivity index (χ2n) is 6.44. The van der Waals surface area contributed by atoms with E-state index in [9.17, 15) is 9.90 Å². The van der Waals surface area contributed by atoms with Crippen LogP contribution in [0, 0.1) is 13.8 Å². The monoisotopic (exact) mass is 356 g/mol. The van der Waals surface area contributed by atoms with Gasteiger partial charge in [0, 0.05) is 24.5 Å². The Bertz CT molecular complexity index is 716. The topological polar surface area (TPSA) is 69.0 Å². The third-order valence-corrected chi connectivity index (χ3v) is 4.83. The summed E-state index contributed by atoms with van der Waals surface area (Å²) in [4.78, 5) is 13.5. The molecule has 1 fully saturated rings. The molecule has 24 heavy (non-hydrogen) atoms. The summed E-state index contributed by atoms with van der Waals surface area (Å²) in [5.41, 5.74) is 2.97. The van der Waals surface area contributed by atoms with Gasteiger partial charge in [-0.3, -0.25) is 0 Å². The SMILES string of the molecule is COC(=O)c1cc2oc(C)c(C)c2n1CC(O)C[NH+]1CCCC1.[Cl-]. The molecule has 0 aromatic carbocycles. The van der Waals surface area contributed by atoms with Gasteiger partial charge in [-0.2, -0.15) is 0 Å². The van der Waals surface area contributed by atoms with E-state index >= 15 is 0 Å². The molecule has 1 aliphatic heterocycles. The molecule has 3 heterocycles. The highest BCUT2D eigenvalue weighted by Crippen LogP contribution is 2.29. The fraction of sp³-hybridized carbons (Fsp3) is 0.588. The Balaban J connectivity index is 0.00000208. The predicted molar refractivity (Wildman–Crippen MR) is 85.8 cm³/mol. The largest absolute Gasteiger partial charge is 1.00 e. The normalized spacial score (nSPS) is 16.3. The number of aliphatic hydroxyl groups excluding tert-OH is 1. The van der Waals surface area contributed by atoms with Crippen molar-refractivity contribution in [3.8, 4) is 0 Å². The van der Waals surface area contributed by atoms with Crippen LogP contribution in [0.4, 0.5) is 0 Å². The quantitative estimate of drug-likeness (QED) is 0.590. The van der Waals surface area contributed by atoms with E-state index < -0.39 is 12.1 Å². The number of furan rings is 1. The number of ether oxygens (including phenoxy) is 1. The van der Waals surface area contributed by atoms with Crippen LogP contribution in [0.5, 0.6) is 0 Å². The van der Waals surface area contributed by atoms with Gasteiger partial charge in [-0.1, -0.05) is 0 Å². The molecule has 1 atom stereocenters. The van der Waals surface area contributed by atoms with Crippen molar-refractivity contribution < 1.29 is 36.4 Å². The molecule has 0 radical (unpaired) electrons. The first-order chi connectivity index (χ1) is 11.0. The van der Waals surface area contributed by atoms with Crippen molar-refractivity contribution in [2.45, 2.75) is 39.3 Å². The summed E-state index contributed by atoms with van der Waals surface area (Å²) < 4.78 is 12.4. The molecular formula is C17H25ClN2O4. The Kier molecular flexibility index (Phi) is 5.96. The van der Waals surface area contributed by atoms with Gasteiger partial charge in [0.2, 0.25) is 0 Å². The summed E-state index contributed by atoms with van der Waals surface area (Å²) in [6, 6.07) is 1.70. The van der Waals surface area contributed by atoms with Crippen molar-refractivity contribution in [3.05, 3.63) is 23.1 Å². The lowest BCUT2D eigenvalue weighted by molar-refractivity contribution is -0.890. The Labute approximate surface area is 147 Å². The second kappa shape index (κ2) is 7.59. The second-order valence-corrected chi connectivity index (χ2v) is 6.44. The zero-order valence-corrected chi connectivity index (χ0v) is 15.2. The molecule has 7 heteroatoms. The van der Waals surface area contributed by atoms with Crippen molar-refractivity contribution in [1.29, 1.82) is 0 Å². The molecule has 1 unspecified atom stereocenters. The zero-order valence-electron chi connectivity index (χ0n) is 14.4. The molecule has 0 saturated carbocycles. The number of nitrogens with one attached hydrogen (secondary N) is 1. The number of carbonyl (C=O) groups is 1. The van der Waals surface area contributed by atoms with E-state index in [4.69, 9.17) is 9.15 Å². The maximum absolute atomic E-state index is 12.1. The summed E-state index contributed by atoms with van der Waals surface area (Å²) >= 11 is 0. The van der Waals surface area contributed by atoms with E-state index in [0.717, 1.165) is 29.9 Å². The maximum Gasteiger partial charge on any atom is 0.354 e. The van der Waals surface area contributed by atoms with Crippen molar-refractivity contribution in [1.82, 2.24) is 4.57 Å². The third-order valence-electron chi connectivity index (χ3n) is 4.83. The fourth-order valence-corrected chi connectivity index (χ4v) is 3.55. The molecule has 1 saturated heterocycles. The Hall–Kier alpha value is -1.50. The number of hydrogen-bond acceptors (Lipinski definition) is 4. The number of esters is 1. The molecular weight excluding hydrogens is 332 g/mol. The van der Waals surface area contributed by atoms with Gasteiger partial charge in [-0.25, -0.2) is 4.79 Å². The van der Waals surface area contributed by atoms with Crippen LogP contribution >= 0.6 is 0 Å². The van der Waals surface area contributed by atoms with E-state index in [1.165, 1.54) is 24.9 Å². The highest BCUT2D eigenvalue weighted by Gasteiger charge is 2.25. The molecule has 0 aliphatic carbocycles. The molecule has 3 rings (SSSR count). The van der Waals surface area contributed by atoms with E-state index in [1.807, 2.05) is 18.4 Å². The van der Waals surface area contributed by atoms with Gasteiger partial charge in [-0.15, -0.1) is 0 Å². The summed E-state index contributed by atoms with van der Waals surface area (Å²) in [6.07, 6.45) is 1.95. The molecule has 0 bridgehead atoms. The van der Waals surface area contributed by atoms with Crippen LogP contribution in [0.1, 0.15) is 34.7 Å². The van der Waals surface area contributed by atoms with Crippen molar-refractivity contribution in [2.75, 3.05) is 26.7 Å². The zero-order chi connectivity index (χ0) is 16.6. The van der Waals surface area contributed by atoms with Crippen LogP contribution in [-0.4, -0.2) is 48.5 Å². The lowest BCUT2D eigenvalue weighted by atomic mass is 10.2. The number of aliphatic hydroxyl groups is 1. The molecule has 2 N–H and O–H groups in total. The minimum Gasteiger partial charge on any atom is -1.00 e. The minimum absolute atomic E-state index is 0. The maximum atomic E-state index is 12.1. The number of aromatic nitrogens is 1. The highest BCUT2D eigenvalue weighted by atomic mass is 35.5. The first kappa shape index (κ1) is 18.8. The third kappa shape index (κ3) is 3.45. The number of fused-ring (bicyclic) bond motifs is 1. The van der Waals surface area contributed by atoms with E-state index in [-0.39, 0.29) is 12.4 Å². The molecule has 6 nitrogen and oxygen atoms in total. The van der Waals surface area contributed by atoms with Crippen LogP contribution in [0.2, 0.25) is 0 Å². The Morgan fingerprint density at radius 3 is 2.71 bits per heavy atom. The summed E-state index contributed by atoms with van der Waals surface area (Å²) in [5.74, 6) is 0.425. The molecule has 0 spiro atoms. The van der Waals surface area contributed by atoms with Gasteiger partial charge in [-0.05, 0) is 13.8 Å². The Morgan fingerprint density at radius 1 is 1.42 bits per heavy atom. The predicted octanol–water partition coefficient (Wildman–Crippen LogP) is -2.32. The molecule has 2 aromatic heterocycles. The summed E-state index contributed by atoms with van der Waals surface area (Å²) in [5, 5.41) is 10.5. The summed E-state index contributed by atoms with van der Waals surface area (Å²) in [7, 11) is 1.37. The van der Waals surface area contributed by atoms with Crippen molar-refractivity contribution in [2.24, 2.45) is 0 Å². The van der Waals surface area contributed by atoms with Crippen LogP contribution in [0.3, 0.4) is 0 Å². The first-order valence-electron chi connectivity index (χ1n) is 8.20. The average Bonchev–Trinajstić information content (AvgIpc) is 3.19. The standard InChI is InChI=1S/C17H24N2O4.ClH/c1-11-12(2)23-15-8-14(17(21)22-3)19(16(11)15)10-13(20)9-18-6-4-5-7-18;/h8,13,20H,4-7,9-10H2,1-3H3;1H. The molecule has 2 aromatic rings. The lowest BCUT2D eigenvalue weighted by Crippen LogP contribution is -3.11. The Morgan fingerprint density at radius 2 is 2.08 bits per heavy atom. The number of hydrogen-bond donors (Lipinski definition) is 2. The van der Waals surface area contributed by atoms with Gasteiger partial charge in [0.05, 0.1) is 32.3 Å². The van der Waals surface area contributed by atoms with E-state index in [2.05, 4.69) is 0 Å². The van der Waals surface area contributed by atoms with E-state index in [1.54, 1.807) is 6.07 Å². The average molecular weight is 357 g/mol. The molecule has 1 aliphatic rings. The van der Waals surface area contributed by atoms with Gasteiger partial charge < -0.3 is 36.1 Å². The number of likely N-dealkylation sites (tertiary alicyclic amines) is 1. The minimum atomic E-state index is -0.503. The van der Waals surface area contributed by atoms with Crippen molar-refractivity contribution in [3.63, 3.8) is 0 Å². The van der Waals surface area contributed by atoms with Gasteiger partial charge in [0.1, 0.15) is 24.1 Å². The number of halogens is 1. The van der Waals surface area contributed by atoms with Gasteiger partial charge >= 0.3 is 5.97 Å². The number of quaternary nitrogens is 1. The smallest absolute Gasteiger partial charge is 0.354 e. The highest BCUT2D eigenvalue weighted by molar-refractivity contribution is 5.95. The fourth-order valence-electron chi connectivity index (χ4n) is 3.55. The van der Waals surface area contributed by atoms with Crippen LogP contribution in [0.15, 0.2) is 10.5 Å². The van der Waals surface area contributed by atoms with Gasteiger partial charge in [0.25, 0.3) is 0 Å². The van der Waals surface area contributed by atoms with Crippen LogP contribution in [0.25, 0.3) is 11.1 Å². The summed E-state index contributed by atoms with van der Waals surface area (Å²) in [6.45, 7) is 7.18. The molecule has 134 valence electrons. The van der Waals surface area contributed by atoms with Gasteiger partial charge in [0.15, 0.2) is 5.58 Å². The van der Waals surface area contributed by atoms with Crippen LogP contribution in [-0.2, 0) is 11.3 Å². The number of methoxy groups -OCH3 is 1.